The molecule has 0 saturated carbocycles. The second kappa shape index (κ2) is 5.73. The largest absolute Gasteiger partial charge is 0.466 e. The van der Waals surface area contributed by atoms with Gasteiger partial charge in [0.05, 0.1) is 6.61 Å². The van der Waals surface area contributed by atoms with E-state index in [0.717, 1.165) is 5.56 Å². The second-order valence-corrected chi connectivity index (χ2v) is 3.63. The summed E-state index contributed by atoms with van der Waals surface area (Å²) in [4.78, 5) is 11.2. The van der Waals surface area contributed by atoms with Gasteiger partial charge >= 0.3 is 5.97 Å². The van der Waals surface area contributed by atoms with Gasteiger partial charge in [-0.15, -0.1) is 0 Å². The monoisotopic (exact) mass is 228 g/mol. The summed E-state index contributed by atoms with van der Waals surface area (Å²) in [5.41, 5.74) is 4.79. The first-order chi connectivity index (χ1) is 7.15. The van der Waals surface area contributed by atoms with Gasteiger partial charge in [0.2, 0.25) is 0 Å². The van der Waals surface area contributed by atoms with Crippen molar-refractivity contribution in [3.8, 4) is 0 Å². The highest BCUT2D eigenvalue weighted by atomic mass is 35.5. The SMILES string of the molecule is CCOC(=O)C[C@H]([NH3+])c1ccccc1Cl. The number of benzene rings is 1. The molecule has 0 aliphatic heterocycles. The Morgan fingerprint density at radius 3 is 2.80 bits per heavy atom. The molecular formula is C11H15ClNO2+. The minimum atomic E-state index is -0.239. The molecule has 3 N–H and O–H groups in total. The highest BCUT2D eigenvalue weighted by molar-refractivity contribution is 6.31. The number of carbonyl (C=O) groups is 1. The van der Waals surface area contributed by atoms with Crippen molar-refractivity contribution in [2.75, 3.05) is 6.61 Å². The maximum absolute atomic E-state index is 11.2. The van der Waals surface area contributed by atoms with E-state index in [1.165, 1.54) is 0 Å². The molecule has 0 unspecified atom stereocenters. The summed E-state index contributed by atoms with van der Waals surface area (Å²) in [5.74, 6) is -0.239. The van der Waals surface area contributed by atoms with E-state index in [-0.39, 0.29) is 18.4 Å². The molecule has 0 aliphatic rings. The van der Waals surface area contributed by atoms with Crippen LogP contribution in [0.5, 0.6) is 0 Å². The van der Waals surface area contributed by atoms with E-state index in [1.54, 1.807) is 13.0 Å². The first-order valence-electron chi connectivity index (χ1n) is 4.88. The minimum Gasteiger partial charge on any atom is -0.466 e. The van der Waals surface area contributed by atoms with Crippen molar-refractivity contribution in [2.45, 2.75) is 19.4 Å². The van der Waals surface area contributed by atoms with Gasteiger partial charge in [-0.1, -0.05) is 29.8 Å². The van der Waals surface area contributed by atoms with Crippen LogP contribution in [0, 0.1) is 0 Å². The molecule has 0 heterocycles. The fourth-order valence-corrected chi connectivity index (χ4v) is 1.63. The lowest BCUT2D eigenvalue weighted by Crippen LogP contribution is -2.54. The third kappa shape index (κ3) is 3.53. The van der Waals surface area contributed by atoms with E-state index >= 15 is 0 Å². The molecule has 0 aromatic heterocycles. The van der Waals surface area contributed by atoms with Gasteiger partial charge in [0, 0.05) is 10.6 Å². The molecule has 3 nitrogen and oxygen atoms in total. The van der Waals surface area contributed by atoms with Crippen LogP contribution in [-0.4, -0.2) is 12.6 Å². The lowest BCUT2D eigenvalue weighted by atomic mass is 10.1. The quantitative estimate of drug-likeness (QED) is 0.796. The molecule has 0 fully saturated rings. The maximum Gasteiger partial charge on any atom is 0.312 e. The van der Waals surface area contributed by atoms with Crippen molar-refractivity contribution in [3.05, 3.63) is 34.9 Å². The van der Waals surface area contributed by atoms with E-state index in [1.807, 2.05) is 18.2 Å². The van der Waals surface area contributed by atoms with Gasteiger partial charge in [0.1, 0.15) is 12.5 Å². The molecule has 0 amide bonds. The summed E-state index contributed by atoms with van der Waals surface area (Å²) >= 11 is 5.99. The van der Waals surface area contributed by atoms with Gasteiger partial charge in [-0.2, -0.15) is 0 Å². The Bertz CT molecular complexity index is 341. The zero-order valence-corrected chi connectivity index (χ0v) is 9.46. The van der Waals surface area contributed by atoms with E-state index in [9.17, 15) is 4.79 Å². The molecule has 0 radical (unpaired) electrons. The normalized spacial score (nSPS) is 12.2. The number of hydrogen-bond donors (Lipinski definition) is 1. The van der Waals surface area contributed by atoms with Gasteiger partial charge in [0.25, 0.3) is 0 Å². The fourth-order valence-electron chi connectivity index (χ4n) is 1.34. The van der Waals surface area contributed by atoms with Crippen LogP contribution in [0.3, 0.4) is 0 Å². The van der Waals surface area contributed by atoms with Crippen molar-refractivity contribution in [2.24, 2.45) is 0 Å². The number of halogens is 1. The second-order valence-electron chi connectivity index (χ2n) is 3.23. The van der Waals surface area contributed by atoms with Gasteiger partial charge in [-0.25, -0.2) is 0 Å². The Kier molecular flexibility index (Phi) is 4.59. The number of carbonyl (C=O) groups excluding carboxylic acids is 1. The van der Waals surface area contributed by atoms with E-state index in [4.69, 9.17) is 16.3 Å². The number of esters is 1. The van der Waals surface area contributed by atoms with Crippen LogP contribution in [0.1, 0.15) is 24.9 Å². The molecule has 1 aromatic carbocycles. The molecule has 15 heavy (non-hydrogen) atoms. The molecule has 0 bridgehead atoms. The Morgan fingerprint density at radius 1 is 1.53 bits per heavy atom. The molecule has 0 spiro atoms. The van der Waals surface area contributed by atoms with Crippen LogP contribution < -0.4 is 5.73 Å². The number of quaternary nitrogens is 1. The number of ether oxygens (including phenoxy) is 1. The summed E-state index contributed by atoms with van der Waals surface area (Å²) in [6.07, 6.45) is 0.261. The number of hydrogen-bond acceptors (Lipinski definition) is 2. The van der Waals surface area contributed by atoms with Crippen LogP contribution in [0.4, 0.5) is 0 Å². The standard InChI is InChI=1S/C11H14ClNO2/c1-2-15-11(14)7-10(13)8-5-3-4-6-9(8)12/h3-6,10H,2,7,13H2,1H3/p+1/t10-/m0/s1. The summed E-state index contributed by atoms with van der Waals surface area (Å²) < 4.78 is 4.85. The molecular weight excluding hydrogens is 214 g/mol. The highest BCUT2D eigenvalue weighted by Crippen LogP contribution is 2.21. The average molecular weight is 229 g/mol. The van der Waals surface area contributed by atoms with Gasteiger partial charge in [-0.3, -0.25) is 4.79 Å². The van der Waals surface area contributed by atoms with Crippen LogP contribution in [0.25, 0.3) is 0 Å². The average Bonchev–Trinajstić information content (AvgIpc) is 2.18. The summed E-state index contributed by atoms with van der Waals surface area (Å²) in [6, 6.07) is 7.24. The molecule has 0 saturated heterocycles. The van der Waals surface area contributed by atoms with E-state index < -0.39 is 0 Å². The van der Waals surface area contributed by atoms with Gasteiger partial charge in [0.15, 0.2) is 0 Å². The van der Waals surface area contributed by atoms with Crippen molar-refractivity contribution < 1.29 is 15.3 Å². The third-order valence-electron chi connectivity index (χ3n) is 2.06. The van der Waals surface area contributed by atoms with Crippen molar-refractivity contribution in [3.63, 3.8) is 0 Å². The van der Waals surface area contributed by atoms with E-state index in [2.05, 4.69) is 5.73 Å². The number of rotatable bonds is 4. The van der Waals surface area contributed by atoms with Crippen molar-refractivity contribution in [1.29, 1.82) is 0 Å². The smallest absolute Gasteiger partial charge is 0.312 e. The van der Waals surface area contributed by atoms with Gasteiger partial charge < -0.3 is 10.5 Å². The highest BCUT2D eigenvalue weighted by Gasteiger charge is 2.17. The predicted molar refractivity (Wildman–Crippen MR) is 58.3 cm³/mol. The topological polar surface area (TPSA) is 53.9 Å². The zero-order chi connectivity index (χ0) is 11.3. The summed E-state index contributed by atoms with van der Waals surface area (Å²) in [7, 11) is 0. The molecule has 82 valence electrons. The zero-order valence-electron chi connectivity index (χ0n) is 8.70. The Labute approximate surface area is 94.2 Å². The van der Waals surface area contributed by atoms with E-state index in [0.29, 0.717) is 11.6 Å². The predicted octanol–water partition coefficient (Wildman–Crippen LogP) is 1.58. The van der Waals surface area contributed by atoms with Crippen molar-refractivity contribution >= 4 is 17.6 Å². The lowest BCUT2D eigenvalue weighted by Gasteiger charge is -2.09. The van der Waals surface area contributed by atoms with Crippen LogP contribution >= 0.6 is 11.6 Å². The molecule has 1 aromatic rings. The third-order valence-corrected chi connectivity index (χ3v) is 2.41. The minimum absolute atomic E-state index is 0.155. The van der Waals surface area contributed by atoms with Crippen molar-refractivity contribution in [1.82, 2.24) is 0 Å². The van der Waals surface area contributed by atoms with Crippen LogP contribution in [-0.2, 0) is 9.53 Å². The molecule has 1 atom stereocenters. The molecule has 4 heteroatoms. The Hall–Kier alpha value is -1.06. The van der Waals surface area contributed by atoms with Gasteiger partial charge in [-0.05, 0) is 13.0 Å². The first kappa shape index (κ1) is 12.0. The Morgan fingerprint density at radius 2 is 2.20 bits per heavy atom. The molecule has 0 aliphatic carbocycles. The molecule has 1 rings (SSSR count). The van der Waals surface area contributed by atoms with Crippen LogP contribution in [0.15, 0.2) is 24.3 Å². The fraction of sp³-hybridized carbons (Fsp3) is 0.364. The maximum atomic E-state index is 11.2. The first-order valence-corrected chi connectivity index (χ1v) is 5.26. The summed E-state index contributed by atoms with van der Waals surface area (Å²) in [6.45, 7) is 2.18. The van der Waals surface area contributed by atoms with Crippen LogP contribution in [0.2, 0.25) is 5.02 Å². The lowest BCUT2D eigenvalue weighted by molar-refractivity contribution is -0.425. The Balaban J connectivity index is 2.65. The summed E-state index contributed by atoms with van der Waals surface area (Å²) in [5, 5.41) is 0.641.